The Morgan fingerprint density at radius 2 is 1.79 bits per heavy atom. The molecule has 0 aliphatic carbocycles. The summed E-state index contributed by atoms with van der Waals surface area (Å²) >= 11 is 0. The summed E-state index contributed by atoms with van der Waals surface area (Å²) in [5, 5.41) is 0. The van der Waals surface area contributed by atoms with Crippen molar-refractivity contribution in [2.24, 2.45) is 5.92 Å². The molecule has 1 heterocycles. The average Bonchev–Trinajstić information content (AvgIpc) is 2.37. The smallest absolute Gasteiger partial charge is 0.146 e. The Hall–Kier alpha value is -1.13. The first-order valence-corrected chi connectivity index (χ1v) is 7.04. The zero-order valence-electron chi connectivity index (χ0n) is 11.9. The number of piperazine rings is 1. The van der Waals surface area contributed by atoms with Crippen LogP contribution in [0.2, 0.25) is 0 Å². The second kappa shape index (κ2) is 6.35. The predicted molar refractivity (Wildman–Crippen MR) is 77.4 cm³/mol. The number of para-hydroxylation sites is 1. The fraction of sp³-hybridized carbons (Fsp3) is 0.600. The molecule has 0 saturated carbocycles. The second-order valence-corrected chi connectivity index (χ2v) is 5.78. The Kier molecular flexibility index (Phi) is 4.77. The van der Waals surface area contributed by atoms with Crippen molar-refractivity contribution < 1.29 is 4.39 Å². The molecule has 0 radical (unpaired) electrons. The molecule has 0 bridgehead atoms. The Balaban J connectivity index is 1.87. The van der Waals surface area contributed by atoms with Gasteiger partial charge in [0.05, 0.1) is 5.69 Å². The van der Waals surface area contributed by atoms with Gasteiger partial charge in [-0.2, -0.15) is 0 Å². The average molecular weight is 265 g/mol. The van der Waals surface area contributed by atoms with Crippen LogP contribution >= 0.6 is 0 Å². The number of nitrogens with zero attached hydrogens (tertiary/aromatic N) is 2. The highest BCUT2D eigenvalue weighted by molar-refractivity contribution is 5.47. The molecule has 0 amide bonds. The van der Waals surface area contributed by atoms with E-state index in [1.807, 2.05) is 6.07 Å². The van der Waals surface area contributed by atoms with E-state index in [0.29, 0.717) is 11.6 Å². The van der Waals surface area contributed by atoms with Crippen LogP contribution < -0.4 is 5.73 Å². The zero-order chi connectivity index (χ0) is 13.8. The molecule has 0 unspecified atom stereocenters. The van der Waals surface area contributed by atoms with Crippen LogP contribution in [0.5, 0.6) is 0 Å². The third-order valence-electron chi connectivity index (χ3n) is 3.63. The van der Waals surface area contributed by atoms with Gasteiger partial charge in [-0.3, -0.25) is 4.90 Å². The van der Waals surface area contributed by atoms with Gasteiger partial charge in [0.25, 0.3) is 0 Å². The van der Waals surface area contributed by atoms with Crippen LogP contribution in [0.3, 0.4) is 0 Å². The molecular weight excluding hydrogens is 241 g/mol. The van der Waals surface area contributed by atoms with E-state index in [4.69, 9.17) is 5.73 Å². The van der Waals surface area contributed by atoms with Gasteiger partial charge in [0.15, 0.2) is 0 Å². The van der Waals surface area contributed by atoms with Crippen LogP contribution in [0.15, 0.2) is 18.2 Å². The van der Waals surface area contributed by atoms with Crippen LogP contribution in [0.4, 0.5) is 10.1 Å². The number of nitrogens with two attached hydrogens (primary N) is 1. The zero-order valence-corrected chi connectivity index (χ0v) is 11.9. The van der Waals surface area contributed by atoms with Gasteiger partial charge >= 0.3 is 0 Å². The molecule has 3 nitrogen and oxygen atoms in total. The lowest BCUT2D eigenvalue weighted by Gasteiger charge is -2.35. The Bertz CT molecular complexity index is 412. The standard InChI is InChI=1S/C15H24FN3/c1-12(2)10-18-6-8-19(9-7-18)11-13-4-3-5-14(16)15(13)17/h3-5,12H,6-11,17H2,1-2H3. The molecule has 2 N–H and O–H groups in total. The first kappa shape index (κ1) is 14.3. The van der Waals surface area contributed by atoms with Gasteiger partial charge in [-0.05, 0) is 17.5 Å². The molecule has 0 aromatic heterocycles. The SMILES string of the molecule is CC(C)CN1CCN(Cc2cccc(F)c2N)CC1. The summed E-state index contributed by atoms with van der Waals surface area (Å²) in [4.78, 5) is 4.85. The van der Waals surface area contributed by atoms with E-state index < -0.39 is 0 Å². The quantitative estimate of drug-likeness (QED) is 0.847. The van der Waals surface area contributed by atoms with Crippen LogP contribution in [0, 0.1) is 11.7 Å². The molecule has 19 heavy (non-hydrogen) atoms. The summed E-state index contributed by atoms with van der Waals surface area (Å²) in [6.07, 6.45) is 0. The van der Waals surface area contributed by atoms with E-state index in [0.717, 1.165) is 44.8 Å². The normalized spacial score (nSPS) is 18.1. The predicted octanol–water partition coefficient (Wildman–Crippen LogP) is 2.18. The van der Waals surface area contributed by atoms with Gasteiger partial charge in [-0.25, -0.2) is 4.39 Å². The molecule has 2 rings (SSSR count). The van der Waals surface area contributed by atoms with Crippen molar-refractivity contribution in [2.75, 3.05) is 38.5 Å². The highest BCUT2D eigenvalue weighted by atomic mass is 19.1. The van der Waals surface area contributed by atoms with Gasteiger partial charge < -0.3 is 10.6 Å². The number of hydrogen-bond acceptors (Lipinski definition) is 3. The van der Waals surface area contributed by atoms with Crippen molar-refractivity contribution in [3.63, 3.8) is 0 Å². The molecular formula is C15H24FN3. The molecule has 1 fully saturated rings. The number of benzene rings is 1. The number of anilines is 1. The van der Waals surface area contributed by atoms with Crippen LogP contribution in [-0.4, -0.2) is 42.5 Å². The van der Waals surface area contributed by atoms with Crippen LogP contribution in [0.25, 0.3) is 0 Å². The maximum Gasteiger partial charge on any atom is 0.146 e. The minimum absolute atomic E-state index is 0.298. The van der Waals surface area contributed by atoms with Gasteiger partial charge in [0, 0.05) is 39.3 Å². The van der Waals surface area contributed by atoms with Gasteiger partial charge in [-0.1, -0.05) is 26.0 Å². The van der Waals surface area contributed by atoms with E-state index in [1.165, 1.54) is 6.07 Å². The summed E-state index contributed by atoms with van der Waals surface area (Å²) in [5.74, 6) is 0.404. The molecule has 106 valence electrons. The molecule has 4 heteroatoms. The van der Waals surface area contributed by atoms with Gasteiger partial charge in [0.1, 0.15) is 5.82 Å². The van der Waals surface area contributed by atoms with Crippen LogP contribution in [-0.2, 0) is 6.54 Å². The number of rotatable bonds is 4. The number of halogens is 1. The summed E-state index contributed by atoms with van der Waals surface area (Å²) in [7, 11) is 0. The van der Waals surface area contributed by atoms with E-state index in [-0.39, 0.29) is 5.82 Å². The first-order valence-electron chi connectivity index (χ1n) is 7.04. The lowest BCUT2D eigenvalue weighted by atomic mass is 10.1. The minimum atomic E-state index is -0.309. The Morgan fingerprint density at radius 1 is 1.16 bits per heavy atom. The van der Waals surface area contributed by atoms with Crippen molar-refractivity contribution in [3.8, 4) is 0 Å². The van der Waals surface area contributed by atoms with Crippen molar-refractivity contribution in [1.82, 2.24) is 9.80 Å². The van der Waals surface area contributed by atoms with E-state index in [2.05, 4.69) is 23.6 Å². The fourth-order valence-electron chi connectivity index (χ4n) is 2.61. The lowest BCUT2D eigenvalue weighted by Crippen LogP contribution is -2.46. The summed E-state index contributed by atoms with van der Waals surface area (Å²) in [6.45, 7) is 10.7. The summed E-state index contributed by atoms with van der Waals surface area (Å²) in [5.41, 5.74) is 6.98. The van der Waals surface area contributed by atoms with Crippen LogP contribution in [0.1, 0.15) is 19.4 Å². The maximum atomic E-state index is 13.4. The Morgan fingerprint density at radius 3 is 2.42 bits per heavy atom. The highest BCUT2D eigenvalue weighted by Gasteiger charge is 2.18. The highest BCUT2D eigenvalue weighted by Crippen LogP contribution is 2.18. The number of hydrogen-bond donors (Lipinski definition) is 1. The maximum absolute atomic E-state index is 13.4. The Labute approximate surface area is 115 Å². The van der Waals surface area contributed by atoms with E-state index in [9.17, 15) is 4.39 Å². The summed E-state index contributed by atoms with van der Waals surface area (Å²) < 4.78 is 13.4. The third kappa shape index (κ3) is 3.91. The summed E-state index contributed by atoms with van der Waals surface area (Å²) in [6, 6.07) is 5.06. The largest absolute Gasteiger partial charge is 0.396 e. The van der Waals surface area contributed by atoms with Gasteiger partial charge in [0.2, 0.25) is 0 Å². The number of nitrogen functional groups attached to an aromatic ring is 1. The van der Waals surface area contributed by atoms with E-state index >= 15 is 0 Å². The molecule has 1 aliphatic rings. The minimum Gasteiger partial charge on any atom is -0.396 e. The van der Waals surface area contributed by atoms with Crippen molar-refractivity contribution >= 4 is 5.69 Å². The second-order valence-electron chi connectivity index (χ2n) is 5.78. The van der Waals surface area contributed by atoms with Gasteiger partial charge in [-0.15, -0.1) is 0 Å². The van der Waals surface area contributed by atoms with Crippen molar-refractivity contribution in [2.45, 2.75) is 20.4 Å². The molecule has 0 spiro atoms. The lowest BCUT2D eigenvalue weighted by molar-refractivity contribution is 0.117. The molecule has 1 aliphatic heterocycles. The monoisotopic (exact) mass is 265 g/mol. The molecule has 1 saturated heterocycles. The third-order valence-corrected chi connectivity index (χ3v) is 3.63. The molecule has 0 atom stereocenters. The fourth-order valence-corrected chi connectivity index (χ4v) is 2.61. The molecule has 1 aromatic carbocycles. The van der Waals surface area contributed by atoms with E-state index in [1.54, 1.807) is 6.07 Å². The van der Waals surface area contributed by atoms with Crippen molar-refractivity contribution in [1.29, 1.82) is 0 Å². The molecule has 1 aromatic rings. The first-order chi connectivity index (χ1) is 9.06. The van der Waals surface area contributed by atoms with Crippen molar-refractivity contribution in [3.05, 3.63) is 29.6 Å². The topological polar surface area (TPSA) is 32.5 Å².